The van der Waals surface area contributed by atoms with Crippen LogP contribution in [0.1, 0.15) is 83.5 Å². The summed E-state index contributed by atoms with van der Waals surface area (Å²) in [5.74, 6) is 2.01. The van der Waals surface area contributed by atoms with Crippen molar-refractivity contribution in [2.45, 2.75) is 86.0 Å². The number of hydrogen-bond acceptors (Lipinski definition) is 3. The molecule has 322 valence electrons. The summed E-state index contributed by atoms with van der Waals surface area (Å²) in [4.78, 5) is 5.07. The van der Waals surface area contributed by atoms with Crippen molar-refractivity contribution in [3.8, 4) is 39.8 Å². The van der Waals surface area contributed by atoms with Crippen LogP contribution < -0.4 is 4.74 Å². The van der Waals surface area contributed by atoms with Crippen molar-refractivity contribution in [2.75, 3.05) is 0 Å². The van der Waals surface area contributed by atoms with E-state index in [1.54, 1.807) is 0 Å². The molecule has 6 aromatic carbocycles. The standard InChI is InChI=1S/C57H53N5O.Pt/c1-10-37-21-17-24-47-48-25-18-22-38(11-2)54(48)60(53(37)47)41-29-30-58-51(34-41)61-49-26-16-15-23-45(49)46-28-27-43(35-50(46)61)63-44-32-40(56(4,5)6)31-42(33-44)62-55(57(7,8)9)52(36(3)59-62)39-19-13-12-14-20-39;/h12-32,34H,10-11H2,1-9H3;/q-2;+2. The average molecular weight is 1020 g/mol. The molecular weight excluding hydrogens is 966 g/mol. The monoisotopic (exact) mass is 1020 g/mol. The van der Waals surface area contributed by atoms with E-state index in [9.17, 15) is 0 Å². The Kier molecular flexibility index (Phi) is 11.0. The summed E-state index contributed by atoms with van der Waals surface area (Å²) < 4.78 is 13.6. The predicted octanol–water partition coefficient (Wildman–Crippen LogP) is 14.5. The number of aromatic nitrogens is 5. The van der Waals surface area contributed by atoms with E-state index in [2.05, 4.69) is 210 Å². The van der Waals surface area contributed by atoms with Gasteiger partial charge in [-0.15, -0.1) is 41.3 Å². The van der Waals surface area contributed by atoms with Crippen molar-refractivity contribution in [2.24, 2.45) is 0 Å². The number of hydrogen-bond donors (Lipinski definition) is 0. The van der Waals surface area contributed by atoms with Gasteiger partial charge in [-0.05, 0) is 65.1 Å². The zero-order valence-electron chi connectivity index (χ0n) is 38.1. The Morgan fingerprint density at radius 3 is 1.92 bits per heavy atom. The summed E-state index contributed by atoms with van der Waals surface area (Å²) in [6.07, 6.45) is 3.81. The van der Waals surface area contributed by atoms with Gasteiger partial charge in [-0.25, -0.2) is 4.98 Å². The molecule has 0 radical (unpaired) electrons. The Bertz CT molecular complexity index is 3310. The maximum Gasteiger partial charge on any atom is 2.00 e. The number of fused-ring (bicyclic) bond motifs is 6. The Morgan fingerprint density at radius 1 is 0.609 bits per heavy atom. The quantitative estimate of drug-likeness (QED) is 0.143. The van der Waals surface area contributed by atoms with Gasteiger partial charge < -0.3 is 13.9 Å². The van der Waals surface area contributed by atoms with E-state index in [0.29, 0.717) is 11.5 Å². The second-order valence-electron chi connectivity index (χ2n) is 18.8. The van der Waals surface area contributed by atoms with Crippen molar-refractivity contribution in [1.82, 2.24) is 23.9 Å². The molecule has 0 atom stereocenters. The Morgan fingerprint density at radius 2 is 1.27 bits per heavy atom. The molecule has 4 aromatic heterocycles. The van der Waals surface area contributed by atoms with E-state index in [4.69, 9.17) is 14.8 Å². The summed E-state index contributed by atoms with van der Waals surface area (Å²) in [7, 11) is 0. The molecule has 0 bridgehead atoms. The molecule has 0 fully saturated rings. The fourth-order valence-electron chi connectivity index (χ4n) is 9.52. The number of nitrogens with zero attached hydrogens (tertiary/aromatic N) is 5. The van der Waals surface area contributed by atoms with E-state index in [1.165, 1.54) is 32.9 Å². The smallest absolute Gasteiger partial charge is 0.509 e. The van der Waals surface area contributed by atoms with Gasteiger partial charge in [-0.2, -0.15) is 11.2 Å². The van der Waals surface area contributed by atoms with Crippen LogP contribution >= 0.6 is 0 Å². The van der Waals surface area contributed by atoms with Gasteiger partial charge in [0.25, 0.3) is 0 Å². The molecule has 0 amide bonds. The van der Waals surface area contributed by atoms with Crippen molar-refractivity contribution in [3.05, 3.63) is 174 Å². The second-order valence-corrected chi connectivity index (χ2v) is 18.8. The van der Waals surface area contributed by atoms with Crippen molar-refractivity contribution >= 4 is 43.6 Å². The second kappa shape index (κ2) is 16.4. The molecule has 10 rings (SSSR count). The molecule has 0 aliphatic rings. The molecule has 0 saturated heterocycles. The SMILES string of the molecule is CCc1cccc2c3cccc(CC)c3n(-c3ccnc(-n4c5[c-]c(Oc6[c-]c(-n7nc(C)c(-c8ccccc8)c7C(C)(C)C)cc(C(C)(C)C)c6)ccc5c5ccccc54)c3)c12.[Pt+2]. The first-order chi connectivity index (χ1) is 30.3. The summed E-state index contributed by atoms with van der Waals surface area (Å²) >= 11 is 0. The minimum Gasteiger partial charge on any atom is -0.509 e. The summed E-state index contributed by atoms with van der Waals surface area (Å²) in [5, 5.41) is 9.94. The summed E-state index contributed by atoms with van der Waals surface area (Å²) in [6.45, 7) is 20.0. The Hall–Kier alpha value is -6.23. The molecule has 4 heterocycles. The van der Waals surface area contributed by atoms with Crippen LogP contribution in [0.25, 0.3) is 71.9 Å². The van der Waals surface area contributed by atoms with Gasteiger partial charge in [-0.1, -0.05) is 146 Å². The number of pyridine rings is 1. The normalized spacial score (nSPS) is 12.1. The van der Waals surface area contributed by atoms with Gasteiger partial charge in [0.2, 0.25) is 0 Å². The third-order valence-electron chi connectivity index (χ3n) is 12.5. The molecule has 64 heavy (non-hydrogen) atoms. The van der Waals surface area contributed by atoms with Gasteiger partial charge in [0.15, 0.2) is 0 Å². The maximum atomic E-state index is 6.86. The van der Waals surface area contributed by atoms with Crippen LogP contribution in [0.3, 0.4) is 0 Å². The van der Waals surface area contributed by atoms with Crippen molar-refractivity contribution in [1.29, 1.82) is 0 Å². The number of benzene rings is 6. The van der Waals surface area contributed by atoms with Crippen molar-refractivity contribution < 1.29 is 25.8 Å². The van der Waals surface area contributed by atoms with Gasteiger partial charge in [0, 0.05) is 51.0 Å². The molecule has 6 nitrogen and oxygen atoms in total. The zero-order chi connectivity index (χ0) is 43.8. The summed E-state index contributed by atoms with van der Waals surface area (Å²) in [6, 6.07) is 52.7. The minimum absolute atomic E-state index is 0. The first-order valence-electron chi connectivity index (χ1n) is 22.2. The zero-order valence-corrected chi connectivity index (χ0v) is 40.3. The predicted molar refractivity (Wildman–Crippen MR) is 261 cm³/mol. The fraction of sp³-hybridized carbons (Fsp3) is 0.228. The fourth-order valence-corrected chi connectivity index (χ4v) is 9.52. The average Bonchev–Trinajstić information content (AvgIpc) is 3.93. The van der Waals surface area contributed by atoms with Gasteiger partial charge in [-0.3, -0.25) is 4.68 Å². The minimum atomic E-state index is -0.214. The van der Waals surface area contributed by atoms with E-state index in [0.717, 1.165) is 79.9 Å². The van der Waals surface area contributed by atoms with Crippen LogP contribution in [0.2, 0.25) is 0 Å². The molecule has 0 saturated carbocycles. The molecule has 0 unspecified atom stereocenters. The van der Waals surface area contributed by atoms with Crippen molar-refractivity contribution in [3.63, 3.8) is 0 Å². The number of rotatable bonds is 8. The molecule has 0 N–H and O–H groups in total. The Labute approximate surface area is 390 Å². The van der Waals surface area contributed by atoms with Gasteiger partial charge >= 0.3 is 21.1 Å². The van der Waals surface area contributed by atoms with Crippen LogP contribution in [0, 0.1) is 19.1 Å². The largest absolute Gasteiger partial charge is 2.00 e. The van der Waals surface area contributed by atoms with Crippen LogP contribution in [0.5, 0.6) is 11.5 Å². The van der Waals surface area contributed by atoms with E-state index < -0.39 is 0 Å². The number of para-hydroxylation sites is 3. The van der Waals surface area contributed by atoms with E-state index >= 15 is 0 Å². The molecular formula is C57H53N5OPt. The molecule has 0 aliphatic carbocycles. The Balaban J connectivity index is 0.00000518. The molecule has 7 heteroatoms. The number of aryl methyl sites for hydroxylation is 3. The van der Waals surface area contributed by atoms with Crippen LogP contribution in [-0.2, 0) is 44.7 Å². The third-order valence-corrected chi connectivity index (χ3v) is 12.5. The molecule has 0 spiro atoms. The van der Waals surface area contributed by atoms with E-state index in [1.807, 2.05) is 12.3 Å². The molecule has 10 aromatic rings. The topological polar surface area (TPSA) is 49.8 Å². The maximum absolute atomic E-state index is 6.86. The summed E-state index contributed by atoms with van der Waals surface area (Å²) in [5.41, 5.74) is 14.1. The first-order valence-corrected chi connectivity index (χ1v) is 22.2. The van der Waals surface area contributed by atoms with Crippen LogP contribution in [0.4, 0.5) is 0 Å². The van der Waals surface area contributed by atoms with Crippen LogP contribution in [-0.4, -0.2) is 23.9 Å². The van der Waals surface area contributed by atoms with Gasteiger partial charge in [0.1, 0.15) is 5.82 Å². The molecule has 0 aliphatic heterocycles. The third kappa shape index (κ3) is 7.26. The first kappa shape index (κ1) is 43.0. The van der Waals surface area contributed by atoms with Gasteiger partial charge in [0.05, 0.1) is 28.1 Å². The van der Waals surface area contributed by atoms with Crippen LogP contribution in [0.15, 0.2) is 134 Å². The van der Waals surface area contributed by atoms with E-state index in [-0.39, 0.29) is 31.9 Å². The number of ether oxygens (including phenoxy) is 1.